The summed E-state index contributed by atoms with van der Waals surface area (Å²) in [7, 11) is 0. The fraction of sp³-hybridized carbons (Fsp3) is 0.364. The van der Waals surface area contributed by atoms with Crippen LogP contribution in [0.3, 0.4) is 0 Å². The minimum absolute atomic E-state index is 0.0176. The van der Waals surface area contributed by atoms with E-state index >= 15 is 0 Å². The van der Waals surface area contributed by atoms with Gasteiger partial charge in [0.25, 0.3) is 11.0 Å². The molecule has 0 bridgehead atoms. The third-order valence-corrected chi connectivity index (χ3v) is 4.43. The van der Waals surface area contributed by atoms with Crippen LogP contribution in [-0.4, -0.2) is 11.9 Å². The SMILES string of the molecule is CC(C)(C)C(=O)Oc1cccc2c1[n+]([O-])c1cccc(OC(=O)C(C)(C)C)c1[n+]2[O-]. The highest BCUT2D eigenvalue weighted by Gasteiger charge is 2.32. The Bertz CT molecular complexity index is 1080. The lowest BCUT2D eigenvalue weighted by molar-refractivity contribution is -0.591. The van der Waals surface area contributed by atoms with Gasteiger partial charge in [-0.15, -0.1) is 0 Å². The zero-order valence-corrected chi connectivity index (χ0v) is 17.8. The average Bonchev–Trinajstić information content (AvgIpc) is 2.64. The normalized spacial score (nSPS) is 12.2. The zero-order valence-electron chi connectivity index (χ0n) is 17.8. The summed E-state index contributed by atoms with van der Waals surface area (Å²) in [5.41, 5.74) is -1.80. The maximum Gasteiger partial charge on any atom is 0.333 e. The van der Waals surface area contributed by atoms with Gasteiger partial charge in [-0.2, -0.15) is 9.46 Å². The Morgan fingerprint density at radius 3 is 1.33 bits per heavy atom. The summed E-state index contributed by atoms with van der Waals surface area (Å²) in [6.07, 6.45) is 0. The van der Waals surface area contributed by atoms with Gasteiger partial charge in [0.05, 0.1) is 10.8 Å². The van der Waals surface area contributed by atoms with E-state index in [0.717, 1.165) is 0 Å². The van der Waals surface area contributed by atoms with Crippen molar-refractivity contribution in [1.29, 1.82) is 0 Å². The van der Waals surface area contributed by atoms with Crippen LogP contribution in [0.25, 0.3) is 22.1 Å². The topological polar surface area (TPSA) is 106 Å². The molecule has 2 aromatic carbocycles. The van der Waals surface area contributed by atoms with Crippen LogP contribution in [0, 0.1) is 21.2 Å². The molecular weight excluding hydrogens is 388 g/mol. The number of esters is 2. The van der Waals surface area contributed by atoms with Gasteiger partial charge < -0.3 is 19.9 Å². The van der Waals surface area contributed by atoms with E-state index in [-0.39, 0.29) is 33.6 Å². The van der Waals surface area contributed by atoms with Gasteiger partial charge in [-0.1, -0.05) is 12.1 Å². The van der Waals surface area contributed by atoms with Crippen LogP contribution in [0.1, 0.15) is 41.5 Å². The van der Waals surface area contributed by atoms with Gasteiger partial charge in [-0.05, 0) is 53.7 Å². The third kappa shape index (κ3) is 3.72. The van der Waals surface area contributed by atoms with Crippen molar-refractivity contribution in [3.63, 3.8) is 0 Å². The summed E-state index contributed by atoms with van der Waals surface area (Å²) in [6.45, 7) is 10.1. The number of hydrogen-bond acceptors (Lipinski definition) is 6. The molecule has 0 radical (unpaired) electrons. The van der Waals surface area contributed by atoms with Gasteiger partial charge in [0.15, 0.2) is 0 Å². The first kappa shape index (κ1) is 21.3. The number of carbonyl (C=O) groups excluding carboxylic acids is 2. The molecule has 30 heavy (non-hydrogen) atoms. The summed E-state index contributed by atoms with van der Waals surface area (Å²) in [4.78, 5) is 24.7. The van der Waals surface area contributed by atoms with E-state index in [4.69, 9.17) is 9.47 Å². The largest absolute Gasteiger partial charge is 0.617 e. The van der Waals surface area contributed by atoms with Crippen molar-refractivity contribution in [3.05, 3.63) is 46.8 Å². The Morgan fingerprint density at radius 2 is 1.03 bits per heavy atom. The molecule has 8 heteroatoms. The Kier molecular flexibility index (Phi) is 5.06. The van der Waals surface area contributed by atoms with Crippen LogP contribution in [0.15, 0.2) is 36.4 Å². The molecule has 0 N–H and O–H groups in total. The smallest absolute Gasteiger partial charge is 0.333 e. The van der Waals surface area contributed by atoms with Gasteiger partial charge in [0.2, 0.25) is 11.5 Å². The molecule has 1 aromatic heterocycles. The number of ether oxygens (including phenoxy) is 2. The van der Waals surface area contributed by atoms with E-state index in [1.807, 2.05) is 0 Å². The van der Waals surface area contributed by atoms with Gasteiger partial charge in [-0.3, -0.25) is 9.59 Å². The highest BCUT2D eigenvalue weighted by Crippen LogP contribution is 2.29. The van der Waals surface area contributed by atoms with Crippen molar-refractivity contribution < 1.29 is 28.5 Å². The van der Waals surface area contributed by atoms with Crippen molar-refractivity contribution >= 4 is 34.0 Å². The average molecular weight is 412 g/mol. The minimum atomic E-state index is -0.797. The summed E-state index contributed by atoms with van der Waals surface area (Å²) in [5, 5.41) is 26.3. The number of carbonyl (C=O) groups is 2. The number of rotatable bonds is 2. The minimum Gasteiger partial charge on any atom is -0.617 e. The molecule has 0 aliphatic carbocycles. The molecule has 0 atom stereocenters. The van der Waals surface area contributed by atoms with Crippen LogP contribution in [0.5, 0.6) is 11.5 Å². The maximum absolute atomic E-state index is 13.2. The zero-order chi connectivity index (χ0) is 22.4. The van der Waals surface area contributed by atoms with Crippen molar-refractivity contribution in [2.45, 2.75) is 41.5 Å². The van der Waals surface area contributed by atoms with Crippen LogP contribution in [0.2, 0.25) is 0 Å². The molecular formula is C22H24N2O6. The molecule has 0 saturated carbocycles. The summed E-state index contributed by atoms with van der Waals surface area (Å²) >= 11 is 0. The molecule has 0 amide bonds. The van der Waals surface area contributed by atoms with Crippen LogP contribution >= 0.6 is 0 Å². The van der Waals surface area contributed by atoms with Gasteiger partial charge in [0.1, 0.15) is 0 Å². The molecule has 0 aliphatic rings. The number of aromatic nitrogens is 2. The van der Waals surface area contributed by atoms with Crippen molar-refractivity contribution in [2.24, 2.45) is 10.8 Å². The molecule has 0 saturated heterocycles. The Balaban J connectivity index is 2.26. The van der Waals surface area contributed by atoms with E-state index < -0.39 is 22.8 Å². The molecule has 3 aromatic rings. The van der Waals surface area contributed by atoms with E-state index in [2.05, 4.69) is 0 Å². The number of fused-ring (bicyclic) bond motifs is 2. The molecule has 0 spiro atoms. The van der Waals surface area contributed by atoms with E-state index in [0.29, 0.717) is 9.46 Å². The highest BCUT2D eigenvalue weighted by atomic mass is 16.5. The third-order valence-electron chi connectivity index (χ3n) is 4.43. The number of hydrogen-bond donors (Lipinski definition) is 0. The number of nitrogens with zero attached hydrogens (tertiary/aromatic N) is 2. The van der Waals surface area contributed by atoms with Crippen molar-refractivity contribution in [3.8, 4) is 11.5 Å². The number of para-hydroxylation sites is 2. The Labute approximate surface area is 173 Å². The maximum atomic E-state index is 13.2. The lowest BCUT2D eigenvalue weighted by Gasteiger charge is -2.18. The predicted octanol–water partition coefficient (Wildman–Crippen LogP) is 3.16. The lowest BCUT2D eigenvalue weighted by Crippen LogP contribution is -2.40. The summed E-state index contributed by atoms with van der Waals surface area (Å²) < 4.78 is 11.9. The van der Waals surface area contributed by atoms with E-state index in [9.17, 15) is 20.0 Å². The highest BCUT2D eigenvalue weighted by molar-refractivity contribution is 5.88. The predicted molar refractivity (Wildman–Crippen MR) is 110 cm³/mol. The molecule has 1 heterocycles. The van der Waals surface area contributed by atoms with Gasteiger partial charge >= 0.3 is 23.0 Å². The second-order valence-corrected chi connectivity index (χ2v) is 9.12. The second kappa shape index (κ2) is 7.12. The Hall–Kier alpha value is -3.42. The fourth-order valence-electron chi connectivity index (χ4n) is 2.67. The molecule has 0 unspecified atom stereocenters. The molecule has 0 fully saturated rings. The van der Waals surface area contributed by atoms with Crippen LogP contribution < -0.4 is 18.9 Å². The van der Waals surface area contributed by atoms with Gasteiger partial charge in [0, 0.05) is 12.1 Å². The van der Waals surface area contributed by atoms with Crippen molar-refractivity contribution in [2.75, 3.05) is 0 Å². The Morgan fingerprint density at radius 1 is 0.700 bits per heavy atom. The first-order valence-electron chi connectivity index (χ1n) is 9.47. The first-order valence-corrected chi connectivity index (χ1v) is 9.47. The van der Waals surface area contributed by atoms with E-state index in [1.165, 1.54) is 36.4 Å². The van der Waals surface area contributed by atoms with Crippen LogP contribution in [-0.2, 0) is 9.59 Å². The molecule has 0 aliphatic heterocycles. The quantitative estimate of drug-likeness (QED) is 0.210. The summed E-state index contributed by atoms with van der Waals surface area (Å²) in [6, 6.07) is 8.81. The molecule has 8 nitrogen and oxygen atoms in total. The van der Waals surface area contributed by atoms with Gasteiger partial charge in [-0.25, -0.2) is 0 Å². The first-order chi connectivity index (χ1) is 13.8. The molecule has 3 rings (SSSR count). The fourth-order valence-corrected chi connectivity index (χ4v) is 2.67. The van der Waals surface area contributed by atoms with Crippen LogP contribution in [0.4, 0.5) is 0 Å². The standard InChI is InChI=1S/C22H24N2O6/c1-21(2,3)19(25)29-15-11-7-9-13-17(15)23(27)14-10-8-12-16(18(14)24(13)28)30-20(26)22(4,5)6/h7-12H,1-6H3. The second-order valence-electron chi connectivity index (χ2n) is 9.12. The number of benzene rings is 2. The van der Waals surface area contributed by atoms with E-state index in [1.54, 1.807) is 41.5 Å². The van der Waals surface area contributed by atoms with Crippen molar-refractivity contribution in [1.82, 2.24) is 0 Å². The summed E-state index contributed by atoms with van der Waals surface area (Å²) in [5.74, 6) is -1.13. The monoisotopic (exact) mass is 412 g/mol. The lowest BCUT2D eigenvalue weighted by atomic mass is 9.97. The molecule has 158 valence electrons.